The predicted octanol–water partition coefficient (Wildman–Crippen LogP) is 2.90. The maximum Gasteiger partial charge on any atom is 0.133 e. The lowest BCUT2D eigenvalue weighted by molar-refractivity contribution is 0.0376. The highest BCUT2D eigenvalue weighted by atomic mass is 79.9. The standard InChI is InChI=1S/C14H22BrN3O/c1-9(2)14-16-10(3)5-13(17-14)18-7-12(6-15)19-8-11(18)4/h5,9,11-12H,6-8H2,1-4H3. The fourth-order valence-corrected chi connectivity index (χ4v) is 2.60. The molecule has 0 radical (unpaired) electrons. The number of ether oxygens (including phenoxy) is 1. The van der Waals surface area contributed by atoms with Gasteiger partial charge in [0, 0.05) is 29.6 Å². The minimum absolute atomic E-state index is 0.231. The quantitative estimate of drug-likeness (QED) is 0.800. The first-order chi connectivity index (χ1) is 9.01. The molecule has 1 aromatic heterocycles. The normalized spacial score (nSPS) is 24.0. The Morgan fingerprint density at radius 1 is 1.47 bits per heavy atom. The number of anilines is 1. The smallest absolute Gasteiger partial charge is 0.133 e. The summed E-state index contributed by atoms with van der Waals surface area (Å²) in [6, 6.07) is 2.42. The first kappa shape index (κ1) is 14.7. The van der Waals surface area contributed by atoms with Crippen molar-refractivity contribution in [2.24, 2.45) is 0 Å². The van der Waals surface area contributed by atoms with Crippen LogP contribution in [0.4, 0.5) is 5.82 Å². The molecular weight excluding hydrogens is 306 g/mol. The van der Waals surface area contributed by atoms with Crippen molar-refractivity contribution in [2.45, 2.75) is 45.8 Å². The Bertz CT molecular complexity index is 439. The van der Waals surface area contributed by atoms with Gasteiger partial charge in [0.15, 0.2) is 0 Å². The summed E-state index contributed by atoms with van der Waals surface area (Å²) >= 11 is 3.50. The molecule has 2 unspecified atom stereocenters. The first-order valence-corrected chi connectivity index (χ1v) is 7.93. The zero-order valence-corrected chi connectivity index (χ0v) is 13.6. The molecule has 1 aromatic rings. The van der Waals surface area contributed by atoms with Gasteiger partial charge in [-0.3, -0.25) is 0 Å². The molecule has 1 fully saturated rings. The molecule has 2 atom stereocenters. The number of nitrogens with zero attached hydrogens (tertiary/aromatic N) is 3. The van der Waals surface area contributed by atoms with Gasteiger partial charge in [0.2, 0.25) is 0 Å². The number of alkyl halides is 1. The van der Waals surface area contributed by atoms with E-state index in [0.717, 1.165) is 35.8 Å². The van der Waals surface area contributed by atoms with Gasteiger partial charge in [0.1, 0.15) is 11.6 Å². The zero-order chi connectivity index (χ0) is 14.0. The van der Waals surface area contributed by atoms with E-state index < -0.39 is 0 Å². The number of aryl methyl sites for hydroxylation is 1. The van der Waals surface area contributed by atoms with Crippen LogP contribution < -0.4 is 4.90 Å². The topological polar surface area (TPSA) is 38.2 Å². The predicted molar refractivity (Wildman–Crippen MR) is 81.2 cm³/mol. The lowest BCUT2D eigenvalue weighted by Crippen LogP contribution is -2.49. The fraction of sp³-hybridized carbons (Fsp3) is 0.714. The number of morpholine rings is 1. The Morgan fingerprint density at radius 2 is 2.21 bits per heavy atom. The molecule has 2 rings (SSSR count). The van der Waals surface area contributed by atoms with Gasteiger partial charge in [0.25, 0.3) is 0 Å². The van der Waals surface area contributed by atoms with Crippen LogP contribution in [0.15, 0.2) is 6.07 Å². The van der Waals surface area contributed by atoms with Crippen LogP contribution in [0.1, 0.15) is 38.2 Å². The summed E-state index contributed by atoms with van der Waals surface area (Å²) in [5.41, 5.74) is 1.03. The van der Waals surface area contributed by atoms with Crippen molar-refractivity contribution in [2.75, 3.05) is 23.4 Å². The average molecular weight is 328 g/mol. The number of hydrogen-bond acceptors (Lipinski definition) is 4. The van der Waals surface area contributed by atoms with Crippen LogP contribution in [0.3, 0.4) is 0 Å². The van der Waals surface area contributed by atoms with Crippen LogP contribution >= 0.6 is 15.9 Å². The van der Waals surface area contributed by atoms with Crippen LogP contribution in [0.5, 0.6) is 0 Å². The van der Waals surface area contributed by atoms with Crippen LogP contribution in [0.25, 0.3) is 0 Å². The molecule has 106 valence electrons. The second kappa shape index (κ2) is 6.18. The number of rotatable bonds is 3. The second-order valence-corrected chi connectivity index (χ2v) is 6.14. The lowest BCUT2D eigenvalue weighted by Gasteiger charge is -2.38. The maximum absolute atomic E-state index is 5.77. The molecule has 5 heteroatoms. The number of aromatic nitrogens is 2. The van der Waals surface area contributed by atoms with E-state index in [1.54, 1.807) is 0 Å². The van der Waals surface area contributed by atoms with E-state index in [0.29, 0.717) is 12.0 Å². The first-order valence-electron chi connectivity index (χ1n) is 6.81. The van der Waals surface area contributed by atoms with Crippen molar-refractivity contribution in [1.29, 1.82) is 0 Å². The summed E-state index contributed by atoms with van der Waals surface area (Å²) in [4.78, 5) is 11.6. The highest BCUT2D eigenvalue weighted by molar-refractivity contribution is 9.09. The molecule has 0 aromatic carbocycles. The van der Waals surface area contributed by atoms with E-state index >= 15 is 0 Å². The van der Waals surface area contributed by atoms with Gasteiger partial charge in [-0.25, -0.2) is 9.97 Å². The van der Waals surface area contributed by atoms with E-state index in [2.05, 4.69) is 52.7 Å². The molecule has 0 aliphatic carbocycles. The summed E-state index contributed by atoms with van der Waals surface area (Å²) in [6.07, 6.45) is 0.231. The molecule has 0 bridgehead atoms. The highest BCUT2D eigenvalue weighted by Gasteiger charge is 2.27. The Kier molecular flexibility index (Phi) is 4.79. The van der Waals surface area contributed by atoms with Gasteiger partial charge in [0.05, 0.1) is 18.8 Å². The molecule has 0 amide bonds. The van der Waals surface area contributed by atoms with Crippen LogP contribution in [0.2, 0.25) is 0 Å². The number of halogens is 1. The van der Waals surface area contributed by atoms with Crippen molar-refractivity contribution in [3.8, 4) is 0 Å². The van der Waals surface area contributed by atoms with E-state index in [4.69, 9.17) is 9.72 Å². The van der Waals surface area contributed by atoms with Crippen molar-refractivity contribution in [3.63, 3.8) is 0 Å². The monoisotopic (exact) mass is 327 g/mol. The fourth-order valence-electron chi connectivity index (χ4n) is 2.21. The third-order valence-electron chi connectivity index (χ3n) is 3.35. The molecule has 0 saturated carbocycles. The molecule has 0 spiro atoms. The molecule has 19 heavy (non-hydrogen) atoms. The van der Waals surface area contributed by atoms with E-state index in [1.807, 2.05) is 6.92 Å². The van der Waals surface area contributed by atoms with E-state index in [-0.39, 0.29) is 6.10 Å². The lowest BCUT2D eigenvalue weighted by atomic mass is 10.2. The van der Waals surface area contributed by atoms with Gasteiger partial charge in [-0.1, -0.05) is 29.8 Å². The SMILES string of the molecule is Cc1cc(N2CC(CBr)OCC2C)nc(C(C)C)n1. The van der Waals surface area contributed by atoms with Gasteiger partial charge < -0.3 is 9.64 Å². The van der Waals surface area contributed by atoms with Gasteiger partial charge in [-0.2, -0.15) is 0 Å². The largest absolute Gasteiger partial charge is 0.373 e. The third kappa shape index (κ3) is 3.45. The summed E-state index contributed by atoms with van der Waals surface area (Å²) in [6.45, 7) is 10.1. The van der Waals surface area contributed by atoms with E-state index in [1.165, 1.54) is 0 Å². The maximum atomic E-state index is 5.77. The molecule has 4 nitrogen and oxygen atoms in total. The molecule has 1 aliphatic heterocycles. The minimum atomic E-state index is 0.231. The minimum Gasteiger partial charge on any atom is -0.373 e. The van der Waals surface area contributed by atoms with Crippen LogP contribution in [0, 0.1) is 6.92 Å². The summed E-state index contributed by atoms with van der Waals surface area (Å²) in [5.74, 6) is 2.30. The van der Waals surface area contributed by atoms with Crippen molar-refractivity contribution >= 4 is 21.7 Å². The third-order valence-corrected chi connectivity index (χ3v) is 4.07. The summed E-state index contributed by atoms with van der Waals surface area (Å²) < 4.78 is 5.77. The van der Waals surface area contributed by atoms with Crippen molar-refractivity contribution in [1.82, 2.24) is 9.97 Å². The van der Waals surface area contributed by atoms with Crippen molar-refractivity contribution < 1.29 is 4.74 Å². The van der Waals surface area contributed by atoms with Gasteiger partial charge in [-0.15, -0.1) is 0 Å². The second-order valence-electron chi connectivity index (χ2n) is 5.49. The Hall–Kier alpha value is -0.680. The molecule has 1 aliphatic rings. The Balaban J connectivity index is 2.28. The average Bonchev–Trinajstić information content (AvgIpc) is 2.38. The van der Waals surface area contributed by atoms with Crippen LogP contribution in [-0.2, 0) is 4.74 Å². The molecule has 0 N–H and O–H groups in total. The zero-order valence-electron chi connectivity index (χ0n) is 12.1. The summed E-state index contributed by atoms with van der Waals surface area (Å²) in [7, 11) is 0. The van der Waals surface area contributed by atoms with E-state index in [9.17, 15) is 0 Å². The molecule has 1 saturated heterocycles. The summed E-state index contributed by atoms with van der Waals surface area (Å²) in [5, 5.41) is 0.858. The highest BCUT2D eigenvalue weighted by Crippen LogP contribution is 2.23. The van der Waals surface area contributed by atoms with Gasteiger partial charge in [-0.05, 0) is 13.8 Å². The molecule has 2 heterocycles. The van der Waals surface area contributed by atoms with Gasteiger partial charge >= 0.3 is 0 Å². The Morgan fingerprint density at radius 3 is 2.84 bits per heavy atom. The number of hydrogen-bond donors (Lipinski definition) is 0. The van der Waals surface area contributed by atoms with Crippen LogP contribution in [-0.4, -0.2) is 40.6 Å². The Labute approximate surface area is 123 Å². The molecular formula is C14H22BrN3O. The van der Waals surface area contributed by atoms with Crippen molar-refractivity contribution in [3.05, 3.63) is 17.6 Å².